The van der Waals surface area contributed by atoms with Gasteiger partial charge in [0.1, 0.15) is 5.75 Å². The van der Waals surface area contributed by atoms with E-state index in [1.807, 2.05) is 12.1 Å². The molecule has 0 aliphatic carbocycles. The molecule has 1 heterocycles. The quantitative estimate of drug-likeness (QED) is 0.600. The Labute approximate surface area is 164 Å². The van der Waals surface area contributed by atoms with Crippen molar-refractivity contribution >= 4 is 27.5 Å². The summed E-state index contributed by atoms with van der Waals surface area (Å²) in [5.74, 6) is 1.71. The monoisotopic (exact) mass is 421 g/mol. The van der Waals surface area contributed by atoms with E-state index in [2.05, 4.69) is 51.2 Å². The van der Waals surface area contributed by atoms with E-state index < -0.39 is 0 Å². The summed E-state index contributed by atoms with van der Waals surface area (Å²) in [5.41, 5.74) is 2.69. The summed E-state index contributed by atoms with van der Waals surface area (Å²) in [6, 6.07) is 14.7. The first-order valence-corrected chi connectivity index (χ1v) is 10.1. The van der Waals surface area contributed by atoms with Crippen molar-refractivity contribution in [3.8, 4) is 5.75 Å². The van der Waals surface area contributed by atoms with Crippen LogP contribution in [0.2, 0.25) is 5.02 Å². The normalized spacial score (nSPS) is 16.1. The van der Waals surface area contributed by atoms with E-state index in [-0.39, 0.29) is 0 Å². The van der Waals surface area contributed by atoms with Gasteiger partial charge in [0.05, 0.1) is 7.11 Å². The molecule has 0 amide bonds. The van der Waals surface area contributed by atoms with Crippen molar-refractivity contribution in [2.24, 2.45) is 5.92 Å². The Bertz CT molecular complexity index is 678. The van der Waals surface area contributed by atoms with E-state index in [0.29, 0.717) is 0 Å². The first-order valence-electron chi connectivity index (χ1n) is 8.92. The molecule has 134 valence electrons. The smallest absolute Gasteiger partial charge is 0.119 e. The van der Waals surface area contributed by atoms with Crippen LogP contribution in [0.25, 0.3) is 0 Å². The van der Waals surface area contributed by atoms with Gasteiger partial charge in [0.25, 0.3) is 0 Å². The average molecular weight is 423 g/mol. The first-order chi connectivity index (χ1) is 12.1. The largest absolute Gasteiger partial charge is 0.497 e. The third kappa shape index (κ3) is 5.73. The SMILES string of the molecule is COc1cccc(CCN2CCC(Cc3cc(Cl)cc(Br)c3)CC2)c1. The lowest BCUT2D eigenvalue weighted by atomic mass is 9.90. The van der Waals surface area contributed by atoms with Crippen molar-refractivity contribution in [2.45, 2.75) is 25.7 Å². The van der Waals surface area contributed by atoms with Crippen LogP contribution in [-0.4, -0.2) is 31.6 Å². The molecule has 1 saturated heterocycles. The summed E-state index contributed by atoms with van der Waals surface area (Å²) in [4.78, 5) is 2.59. The summed E-state index contributed by atoms with van der Waals surface area (Å²) < 4.78 is 6.38. The third-order valence-electron chi connectivity index (χ3n) is 5.00. The van der Waals surface area contributed by atoms with Crippen LogP contribution in [0.4, 0.5) is 0 Å². The number of benzene rings is 2. The van der Waals surface area contributed by atoms with Gasteiger partial charge >= 0.3 is 0 Å². The van der Waals surface area contributed by atoms with Gasteiger partial charge in [-0.1, -0.05) is 39.7 Å². The number of hydrogen-bond donors (Lipinski definition) is 0. The number of likely N-dealkylation sites (tertiary alicyclic amines) is 1. The highest BCUT2D eigenvalue weighted by Crippen LogP contribution is 2.26. The maximum absolute atomic E-state index is 6.16. The number of piperidine rings is 1. The molecule has 0 atom stereocenters. The predicted octanol–water partition coefficient (Wildman–Crippen LogP) is 5.61. The molecular formula is C21H25BrClNO. The van der Waals surface area contributed by atoms with Crippen molar-refractivity contribution in [1.82, 2.24) is 4.90 Å². The number of rotatable bonds is 6. The summed E-state index contributed by atoms with van der Waals surface area (Å²) in [6.45, 7) is 3.51. The lowest BCUT2D eigenvalue weighted by molar-refractivity contribution is 0.186. The van der Waals surface area contributed by atoms with Crippen LogP contribution in [-0.2, 0) is 12.8 Å². The lowest BCUT2D eigenvalue weighted by Crippen LogP contribution is -2.35. The fourth-order valence-electron chi connectivity index (χ4n) is 3.59. The minimum absolute atomic E-state index is 0.762. The topological polar surface area (TPSA) is 12.5 Å². The molecule has 0 spiro atoms. The number of ether oxygens (including phenoxy) is 1. The summed E-state index contributed by atoms with van der Waals surface area (Å²) in [6.07, 6.45) is 4.75. The van der Waals surface area contributed by atoms with E-state index in [1.54, 1.807) is 7.11 Å². The highest BCUT2D eigenvalue weighted by molar-refractivity contribution is 9.10. The van der Waals surface area contributed by atoms with E-state index in [9.17, 15) is 0 Å². The minimum atomic E-state index is 0.762. The van der Waals surface area contributed by atoms with Crippen LogP contribution >= 0.6 is 27.5 Å². The van der Waals surface area contributed by atoms with Gasteiger partial charge < -0.3 is 9.64 Å². The van der Waals surface area contributed by atoms with Crippen molar-refractivity contribution in [2.75, 3.05) is 26.7 Å². The summed E-state index contributed by atoms with van der Waals surface area (Å²) >= 11 is 9.70. The highest BCUT2D eigenvalue weighted by atomic mass is 79.9. The fraction of sp³-hybridized carbons (Fsp3) is 0.429. The van der Waals surface area contributed by atoms with Gasteiger partial charge in [-0.25, -0.2) is 0 Å². The standard InChI is InChI=1S/C21H25BrClNO/c1-25-21-4-2-3-16(14-21)5-8-24-9-6-17(7-10-24)11-18-12-19(22)15-20(23)13-18/h2-4,12-15,17H,5-11H2,1H3. The second kappa shape index (κ2) is 9.07. The molecule has 4 heteroatoms. The van der Waals surface area contributed by atoms with Crippen molar-refractivity contribution in [3.63, 3.8) is 0 Å². The maximum atomic E-state index is 6.16. The number of nitrogens with zero attached hydrogens (tertiary/aromatic N) is 1. The Morgan fingerprint density at radius 2 is 1.92 bits per heavy atom. The van der Waals surface area contributed by atoms with Gasteiger partial charge in [0, 0.05) is 16.0 Å². The molecule has 1 aliphatic heterocycles. The zero-order valence-corrected chi connectivity index (χ0v) is 17.0. The molecule has 0 saturated carbocycles. The van der Waals surface area contributed by atoms with Crippen LogP contribution < -0.4 is 4.74 Å². The fourth-order valence-corrected chi connectivity index (χ4v) is 4.52. The van der Waals surface area contributed by atoms with Crippen molar-refractivity contribution < 1.29 is 4.74 Å². The summed E-state index contributed by atoms with van der Waals surface area (Å²) in [7, 11) is 1.72. The summed E-state index contributed by atoms with van der Waals surface area (Å²) in [5, 5.41) is 0.820. The zero-order chi connectivity index (χ0) is 17.6. The molecule has 1 fully saturated rings. The van der Waals surface area contributed by atoms with E-state index in [0.717, 1.165) is 40.5 Å². The Morgan fingerprint density at radius 3 is 2.64 bits per heavy atom. The van der Waals surface area contributed by atoms with Crippen molar-refractivity contribution in [3.05, 3.63) is 63.1 Å². The van der Waals surface area contributed by atoms with Gasteiger partial charge in [-0.15, -0.1) is 0 Å². The Hall–Kier alpha value is -1.03. The molecular weight excluding hydrogens is 398 g/mol. The van der Waals surface area contributed by atoms with Gasteiger partial charge in [-0.2, -0.15) is 0 Å². The molecule has 0 N–H and O–H groups in total. The minimum Gasteiger partial charge on any atom is -0.497 e. The second-order valence-electron chi connectivity index (χ2n) is 6.87. The van der Waals surface area contributed by atoms with Crippen molar-refractivity contribution in [1.29, 1.82) is 0 Å². The van der Waals surface area contributed by atoms with Gasteiger partial charge in [-0.05, 0) is 86.1 Å². The Morgan fingerprint density at radius 1 is 1.12 bits per heavy atom. The van der Waals surface area contributed by atoms with E-state index >= 15 is 0 Å². The molecule has 2 aromatic rings. The van der Waals surface area contributed by atoms with Gasteiger partial charge in [0.2, 0.25) is 0 Å². The van der Waals surface area contributed by atoms with Gasteiger partial charge in [-0.3, -0.25) is 0 Å². The van der Waals surface area contributed by atoms with Gasteiger partial charge in [0.15, 0.2) is 0 Å². The average Bonchev–Trinajstić information content (AvgIpc) is 2.60. The second-order valence-corrected chi connectivity index (χ2v) is 8.22. The number of hydrogen-bond acceptors (Lipinski definition) is 2. The maximum Gasteiger partial charge on any atom is 0.119 e. The predicted molar refractivity (Wildman–Crippen MR) is 109 cm³/mol. The number of methoxy groups -OCH3 is 1. The van der Waals surface area contributed by atoms with E-state index in [1.165, 1.54) is 37.1 Å². The van der Waals surface area contributed by atoms with E-state index in [4.69, 9.17) is 16.3 Å². The molecule has 2 nitrogen and oxygen atoms in total. The van der Waals surface area contributed by atoms with Crippen LogP contribution in [0, 0.1) is 5.92 Å². The Balaban J connectivity index is 1.45. The molecule has 0 bridgehead atoms. The molecule has 1 aliphatic rings. The van der Waals surface area contributed by atoms with Crippen LogP contribution in [0.3, 0.4) is 0 Å². The Kier molecular flexibility index (Phi) is 6.80. The zero-order valence-electron chi connectivity index (χ0n) is 14.7. The van der Waals surface area contributed by atoms with Crippen LogP contribution in [0.15, 0.2) is 46.9 Å². The lowest BCUT2D eigenvalue weighted by Gasteiger charge is -2.32. The highest BCUT2D eigenvalue weighted by Gasteiger charge is 2.19. The molecule has 25 heavy (non-hydrogen) atoms. The molecule has 0 aromatic heterocycles. The third-order valence-corrected chi connectivity index (χ3v) is 5.68. The van der Waals surface area contributed by atoms with Crippen LogP contribution in [0.5, 0.6) is 5.75 Å². The first kappa shape index (κ1) is 18.8. The molecule has 3 rings (SSSR count). The van der Waals surface area contributed by atoms with Crippen LogP contribution in [0.1, 0.15) is 24.0 Å². The molecule has 0 radical (unpaired) electrons. The number of halogens is 2. The molecule has 0 unspecified atom stereocenters. The molecule has 2 aromatic carbocycles.